The van der Waals surface area contributed by atoms with Crippen molar-refractivity contribution in [3.8, 4) is 0 Å². The summed E-state index contributed by atoms with van der Waals surface area (Å²) in [4.78, 5) is 21.0. The van der Waals surface area contributed by atoms with Crippen LogP contribution in [-0.4, -0.2) is 22.6 Å². The van der Waals surface area contributed by atoms with Gasteiger partial charge in [-0.2, -0.15) is 0 Å². The number of rotatable bonds is 3. The molecule has 0 aliphatic heterocycles. The monoisotopic (exact) mass is 191 g/mol. The van der Waals surface area contributed by atoms with Gasteiger partial charge < -0.3 is 5.32 Å². The molecule has 1 atom stereocenters. The van der Waals surface area contributed by atoms with Gasteiger partial charge in [-0.3, -0.25) is 9.59 Å². The summed E-state index contributed by atoms with van der Waals surface area (Å²) in [6.45, 7) is 6.21. The van der Waals surface area contributed by atoms with Gasteiger partial charge in [-0.1, -0.05) is 0 Å². The van der Waals surface area contributed by atoms with E-state index >= 15 is 0 Å². The van der Waals surface area contributed by atoms with Crippen LogP contribution in [0, 0.1) is 0 Å². The van der Waals surface area contributed by atoms with Crippen LogP contribution in [0.2, 0.25) is 0 Å². The second kappa shape index (κ2) is 3.90. The van der Waals surface area contributed by atoms with Crippen LogP contribution in [0.1, 0.15) is 27.7 Å². The number of halogens is 1. The van der Waals surface area contributed by atoms with Crippen LogP contribution in [-0.2, 0) is 9.59 Å². The molecule has 0 radical (unpaired) electrons. The summed E-state index contributed by atoms with van der Waals surface area (Å²) >= 11 is 5.71. The number of alkyl halides is 1. The van der Waals surface area contributed by atoms with E-state index in [1.807, 2.05) is 0 Å². The topological polar surface area (TPSA) is 46.2 Å². The first kappa shape index (κ1) is 11.4. The van der Waals surface area contributed by atoms with Crippen LogP contribution >= 0.6 is 11.6 Å². The number of ketones is 1. The third-order valence-electron chi connectivity index (χ3n) is 1.50. The first-order chi connectivity index (χ1) is 5.25. The van der Waals surface area contributed by atoms with Crippen LogP contribution in [0.4, 0.5) is 0 Å². The largest absolute Gasteiger partial charge is 0.345 e. The van der Waals surface area contributed by atoms with Crippen molar-refractivity contribution < 1.29 is 9.59 Å². The van der Waals surface area contributed by atoms with Gasteiger partial charge in [0.15, 0.2) is 5.78 Å². The summed E-state index contributed by atoms with van der Waals surface area (Å²) < 4.78 is 0. The molecule has 3 nitrogen and oxygen atoms in total. The van der Waals surface area contributed by atoms with E-state index in [4.69, 9.17) is 11.6 Å². The SMILES string of the molecule is CC(=O)C(C)NC(=O)C(C)(C)Cl. The molecule has 0 aliphatic rings. The molecular formula is C8H14ClNO2. The van der Waals surface area contributed by atoms with E-state index in [1.165, 1.54) is 6.92 Å². The number of hydrogen-bond acceptors (Lipinski definition) is 2. The van der Waals surface area contributed by atoms with Gasteiger partial charge in [-0.25, -0.2) is 0 Å². The summed E-state index contributed by atoms with van der Waals surface area (Å²) in [7, 11) is 0. The van der Waals surface area contributed by atoms with E-state index in [9.17, 15) is 9.59 Å². The molecule has 0 rings (SSSR count). The lowest BCUT2D eigenvalue weighted by Crippen LogP contribution is -2.45. The van der Waals surface area contributed by atoms with Gasteiger partial charge in [0, 0.05) is 0 Å². The Kier molecular flexibility index (Phi) is 3.71. The minimum Gasteiger partial charge on any atom is -0.345 e. The number of carbonyl (C=O) groups excluding carboxylic acids is 2. The van der Waals surface area contributed by atoms with Crippen molar-refractivity contribution in [3.63, 3.8) is 0 Å². The molecule has 0 aromatic carbocycles. The molecule has 0 bridgehead atoms. The zero-order valence-corrected chi connectivity index (χ0v) is 8.53. The maximum Gasteiger partial charge on any atom is 0.241 e. The third kappa shape index (κ3) is 3.72. The van der Waals surface area contributed by atoms with Crippen LogP contribution in [0.15, 0.2) is 0 Å². The standard InChI is InChI=1S/C8H14ClNO2/c1-5(6(2)11)10-7(12)8(3,4)9/h5H,1-4H3,(H,10,12). The molecule has 0 fully saturated rings. The van der Waals surface area contributed by atoms with E-state index in [0.717, 1.165) is 0 Å². The van der Waals surface area contributed by atoms with Gasteiger partial charge in [0.2, 0.25) is 5.91 Å². The van der Waals surface area contributed by atoms with E-state index in [2.05, 4.69) is 5.32 Å². The second-order valence-corrected chi connectivity index (χ2v) is 4.22. The second-order valence-electron chi connectivity index (χ2n) is 3.28. The van der Waals surface area contributed by atoms with Gasteiger partial charge in [-0.15, -0.1) is 11.6 Å². The number of Topliss-reactive ketones (excluding diaryl/α,β-unsaturated/α-hetero) is 1. The Morgan fingerprint density at radius 3 is 2.08 bits per heavy atom. The summed E-state index contributed by atoms with van der Waals surface area (Å²) in [5.41, 5.74) is 0. The Morgan fingerprint density at radius 2 is 1.83 bits per heavy atom. The average Bonchev–Trinajstić information content (AvgIpc) is 1.85. The molecule has 1 amide bonds. The summed E-state index contributed by atoms with van der Waals surface area (Å²) in [6, 6.07) is -0.462. The number of amides is 1. The van der Waals surface area contributed by atoms with Gasteiger partial charge in [-0.05, 0) is 27.7 Å². The molecule has 0 heterocycles. The van der Waals surface area contributed by atoms with E-state index in [-0.39, 0.29) is 11.7 Å². The number of hydrogen-bond donors (Lipinski definition) is 1. The van der Waals surface area contributed by atoms with Crippen LogP contribution < -0.4 is 5.32 Å². The fraction of sp³-hybridized carbons (Fsp3) is 0.750. The predicted molar refractivity (Wildman–Crippen MR) is 48.2 cm³/mol. The Labute approximate surface area is 77.5 Å². The zero-order valence-electron chi connectivity index (χ0n) is 7.77. The summed E-state index contributed by atoms with van der Waals surface area (Å²) in [5.74, 6) is -0.406. The molecule has 70 valence electrons. The fourth-order valence-corrected chi connectivity index (χ4v) is 0.524. The molecule has 4 heteroatoms. The quantitative estimate of drug-likeness (QED) is 0.679. The molecule has 12 heavy (non-hydrogen) atoms. The van der Waals surface area contributed by atoms with E-state index < -0.39 is 10.9 Å². The van der Waals surface area contributed by atoms with Crippen molar-refractivity contribution in [2.45, 2.75) is 38.6 Å². The van der Waals surface area contributed by atoms with E-state index in [0.29, 0.717) is 0 Å². The van der Waals surface area contributed by atoms with Crippen LogP contribution in [0.25, 0.3) is 0 Å². The highest BCUT2D eigenvalue weighted by Crippen LogP contribution is 2.12. The lowest BCUT2D eigenvalue weighted by Gasteiger charge is -2.18. The maximum absolute atomic E-state index is 11.2. The van der Waals surface area contributed by atoms with Crippen molar-refractivity contribution >= 4 is 23.3 Å². The Morgan fingerprint density at radius 1 is 1.42 bits per heavy atom. The first-order valence-corrected chi connectivity index (χ1v) is 4.13. The minimum atomic E-state index is -0.955. The Hall–Kier alpha value is -0.570. The fourth-order valence-electron chi connectivity index (χ4n) is 0.470. The molecule has 0 saturated carbocycles. The van der Waals surface area contributed by atoms with Crippen molar-refractivity contribution in [2.75, 3.05) is 0 Å². The van der Waals surface area contributed by atoms with Crippen molar-refractivity contribution in [3.05, 3.63) is 0 Å². The van der Waals surface area contributed by atoms with Gasteiger partial charge in [0.25, 0.3) is 0 Å². The van der Waals surface area contributed by atoms with Gasteiger partial charge in [0.1, 0.15) is 4.87 Å². The van der Waals surface area contributed by atoms with Crippen molar-refractivity contribution in [1.29, 1.82) is 0 Å². The smallest absolute Gasteiger partial charge is 0.241 e. The van der Waals surface area contributed by atoms with Gasteiger partial charge >= 0.3 is 0 Å². The third-order valence-corrected chi connectivity index (χ3v) is 1.67. The zero-order chi connectivity index (χ0) is 9.94. The molecule has 0 aromatic rings. The summed E-state index contributed by atoms with van der Waals surface area (Å²) in [6.07, 6.45) is 0. The molecule has 1 unspecified atom stereocenters. The predicted octanol–water partition coefficient (Wildman–Crippen LogP) is 1.10. The highest BCUT2D eigenvalue weighted by atomic mass is 35.5. The van der Waals surface area contributed by atoms with E-state index in [1.54, 1.807) is 20.8 Å². The van der Waals surface area contributed by atoms with Crippen molar-refractivity contribution in [2.24, 2.45) is 0 Å². The van der Waals surface area contributed by atoms with Crippen LogP contribution in [0.5, 0.6) is 0 Å². The minimum absolute atomic E-state index is 0.0794. The number of carbonyl (C=O) groups is 2. The highest BCUT2D eigenvalue weighted by Gasteiger charge is 2.26. The molecule has 1 N–H and O–H groups in total. The Balaban J connectivity index is 4.11. The lowest BCUT2D eigenvalue weighted by atomic mass is 10.1. The average molecular weight is 192 g/mol. The number of nitrogens with one attached hydrogen (secondary N) is 1. The lowest BCUT2D eigenvalue weighted by molar-refractivity contribution is -0.127. The summed E-state index contributed by atoms with van der Waals surface area (Å²) in [5, 5.41) is 2.50. The Bertz CT molecular complexity index is 196. The molecular weight excluding hydrogens is 178 g/mol. The normalized spacial score (nSPS) is 13.8. The maximum atomic E-state index is 11.2. The molecule has 0 saturated heterocycles. The molecule has 0 aliphatic carbocycles. The molecule has 0 spiro atoms. The van der Waals surface area contributed by atoms with Crippen molar-refractivity contribution in [1.82, 2.24) is 5.32 Å². The molecule has 0 aromatic heterocycles. The highest BCUT2D eigenvalue weighted by molar-refractivity contribution is 6.34. The first-order valence-electron chi connectivity index (χ1n) is 3.75. The van der Waals surface area contributed by atoms with Crippen LogP contribution in [0.3, 0.4) is 0 Å². The van der Waals surface area contributed by atoms with Gasteiger partial charge in [0.05, 0.1) is 6.04 Å².